The maximum absolute atomic E-state index is 9.82. The minimum absolute atomic E-state index is 0.361. The molecule has 5 nitrogen and oxygen atoms in total. The second-order valence-electron chi connectivity index (χ2n) is 4.48. The van der Waals surface area contributed by atoms with Gasteiger partial charge >= 0.3 is 0 Å². The van der Waals surface area contributed by atoms with Crippen LogP contribution in [0.1, 0.15) is 13.8 Å². The van der Waals surface area contributed by atoms with Crippen LogP contribution in [0.4, 0.5) is 0 Å². The van der Waals surface area contributed by atoms with Crippen molar-refractivity contribution < 1.29 is 20.4 Å². The van der Waals surface area contributed by atoms with Crippen LogP contribution in [0.3, 0.4) is 0 Å². The van der Waals surface area contributed by atoms with E-state index in [1.807, 2.05) is 0 Å². The summed E-state index contributed by atoms with van der Waals surface area (Å²) in [7, 11) is 0. The van der Waals surface area contributed by atoms with E-state index in [1.165, 1.54) is 0 Å². The molecule has 2 unspecified atom stereocenters. The lowest BCUT2D eigenvalue weighted by molar-refractivity contribution is -0.180. The van der Waals surface area contributed by atoms with Crippen LogP contribution in [0, 0.1) is 11.3 Å². The Labute approximate surface area is 83.2 Å². The molecule has 0 aromatic carbocycles. The maximum atomic E-state index is 9.82. The summed E-state index contributed by atoms with van der Waals surface area (Å²) in [5, 5.41) is 38.3. The Morgan fingerprint density at radius 2 is 1.71 bits per heavy atom. The molecule has 1 fully saturated rings. The third-order valence-electron chi connectivity index (χ3n) is 3.49. The lowest BCUT2D eigenvalue weighted by atomic mass is 9.64. The monoisotopic (exact) mass is 205 g/mol. The standard InChI is InChI=1S/C9H19NO4/c1-4-6(12)5(10)8(14)9(2,3-11)7(4)13/h4-8,11-14H,3,10H2,1-2H3/t4?,5-,6-,7+,8-,9?/m1/s1. The molecular weight excluding hydrogens is 186 g/mol. The van der Waals surface area contributed by atoms with Gasteiger partial charge in [-0.2, -0.15) is 0 Å². The quantitative estimate of drug-likeness (QED) is 0.342. The van der Waals surface area contributed by atoms with Gasteiger partial charge in [-0.25, -0.2) is 0 Å². The average Bonchev–Trinajstić information content (AvgIpc) is 2.21. The third kappa shape index (κ3) is 1.45. The van der Waals surface area contributed by atoms with Crippen molar-refractivity contribution in [1.29, 1.82) is 0 Å². The van der Waals surface area contributed by atoms with Gasteiger partial charge in [0.25, 0.3) is 0 Å². The zero-order valence-corrected chi connectivity index (χ0v) is 8.46. The molecule has 14 heavy (non-hydrogen) atoms. The van der Waals surface area contributed by atoms with Crippen LogP contribution >= 0.6 is 0 Å². The first kappa shape index (κ1) is 11.9. The first-order chi connectivity index (χ1) is 6.36. The summed E-state index contributed by atoms with van der Waals surface area (Å²) in [4.78, 5) is 0. The highest BCUT2D eigenvalue weighted by Gasteiger charge is 2.53. The molecular formula is C9H19NO4. The second kappa shape index (κ2) is 3.75. The summed E-state index contributed by atoms with van der Waals surface area (Å²) in [6, 6.07) is -0.828. The molecule has 0 aliphatic heterocycles. The van der Waals surface area contributed by atoms with Crippen molar-refractivity contribution in [3.63, 3.8) is 0 Å². The van der Waals surface area contributed by atoms with Gasteiger partial charge in [0.1, 0.15) is 0 Å². The van der Waals surface area contributed by atoms with Crippen LogP contribution < -0.4 is 5.73 Å². The van der Waals surface area contributed by atoms with Crippen LogP contribution in [0.5, 0.6) is 0 Å². The molecule has 1 aliphatic carbocycles. The molecule has 0 heterocycles. The smallest absolute Gasteiger partial charge is 0.0816 e. The van der Waals surface area contributed by atoms with E-state index in [-0.39, 0.29) is 6.61 Å². The molecule has 6 N–H and O–H groups in total. The minimum Gasteiger partial charge on any atom is -0.396 e. The largest absolute Gasteiger partial charge is 0.396 e. The molecule has 0 amide bonds. The summed E-state index contributed by atoms with van der Waals surface area (Å²) in [5.41, 5.74) is 4.55. The summed E-state index contributed by atoms with van der Waals surface area (Å²) in [5.74, 6) is -0.453. The van der Waals surface area contributed by atoms with Crippen LogP contribution in [-0.4, -0.2) is 51.4 Å². The summed E-state index contributed by atoms with van der Waals surface area (Å²) in [6.07, 6.45) is -3.01. The molecule has 1 aliphatic rings. The van der Waals surface area contributed by atoms with Crippen molar-refractivity contribution in [2.45, 2.75) is 38.2 Å². The number of hydrogen-bond donors (Lipinski definition) is 5. The first-order valence-electron chi connectivity index (χ1n) is 4.77. The molecule has 5 heteroatoms. The number of hydrogen-bond acceptors (Lipinski definition) is 5. The van der Waals surface area contributed by atoms with Gasteiger partial charge in [-0.15, -0.1) is 0 Å². The van der Waals surface area contributed by atoms with Gasteiger partial charge in [0.15, 0.2) is 0 Å². The number of nitrogens with two attached hydrogens (primary N) is 1. The van der Waals surface area contributed by atoms with Gasteiger partial charge in [0.2, 0.25) is 0 Å². The van der Waals surface area contributed by atoms with E-state index in [2.05, 4.69) is 0 Å². The number of rotatable bonds is 1. The Bertz CT molecular complexity index is 195. The second-order valence-corrected chi connectivity index (χ2v) is 4.48. The van der Waals surface area contributed by atoms with E-state index < -0.39 is 35.7 Å². The van der Waals surface area contributed by atoms with Crippen LogP contribution in [-0.2, 0) is 0 Å². The maximum Gasteiger partial charge on any atom is 0.0816 e. The predicted molar refractivity (Wildman–Crippen MR) is 50.4 cm³/mol. The Morgan fingerprint density at radius 1 is 1.21 bits per heavy atom. The van der Waals surface area contributed by atoms with Gasteiger partial charge in [-0.3, -0.25) is 0 Å². The Kier molecular flexibility index (Phi) is 3.18. The molecule has 1 saturated carbocycles. The van der Waals surface area contributed by atoms with Gasteiger partial charge in [0, 0.05) is 11.3 Å². The van der Waals surface area contributed by atoms with E-state index in [1.54, 1.807) is 13.8 Å². The highest BCUT2D eigenvalue weighted by Crippen LogP contribution is 2.38. The third-order valence-corrected chi connectivity index (χ3v) is 3.49. The van der Waals surface area contributed by atoms with Crippen molar-refractivity contribution in [2.24, 2.45) is 17.1 Å². The van der Waals surface area contributed by atoms with Crippen molar-refractivity contribution in [2.75, 3.05) is 6.61 Å². The van der Waals surface area contributed by atoms with Gasteiger partial charge in [-0.05, 0) is 0 Å². The fraction of sp³-hybridized carbons (Fsp3) is 1.00. The molecule has 1 rings (SSSR count). The van der Waals surface area contributed by atoms with Gasteiger partial charge in [-0.1, -0.05) is 13.8 Å². The van der Waals surface area contributed by atoms with E-state index in [0.717, 1.165) is 0 Å². The Balaban J connectivity index is 2.98. The first-order valence-corrected chi connectivity index (χ1v) is 4.77. The van der Waals surface area contributed by atoms with E-state index >= 15 is 0 Å². The van der Waals surface area contributed by atoms with Crippen LogP contribution in [0.25, 0.3) is 0 Å². The minimum atomic E-state index is -1.10. The van der Waals surface area contributed by atoms with Gasteiger partial charge in [0.05, 0.1) is 31.0 Å². The van der Waals surface area contributed by atoms with Crippen LogP contribution in [0.15, 0.2) is 0 Å². The van der Waals surface area contributed by atoms with E-state index in [4.69, 9.17) is 10.8 Å². The number of aliphatic hydroxyl groups is 4. The highest BCUT2D eigenvalue weighted by molar-refractivity contribution is 5.04. The van der Waals surface area contributed by atoms with Gasteiger partial charge < -0.3 is 26.2 Å². The number of aliphatic hydroxyl groups excluding tert-OH is 4. The van der Waals surface area contributed by atoms with E-state index in [0.29, 0.717) is 0 Å². The van der Waals surface area contributed by atoms with Crippen molar-refractivity contribution in [3.8, 4) is 0 Å². The molecule has 6 atom stereocenters. The lowest BCUT2D eigenvalue weighted by Gasteiger charge is -2.49. The SMILES string of the molecule is CC1[C@@H](O)[C@@H](N)[C@@H](O)C(C)(CO)[C@H]1O. The van der Waals surface area contributed by atoms with Crippen molar-refractivity contribution in [3.05, 3.63) is 0 Å². The molecule has 0 saturated heterocycles. The highest BCUT2D eigenvalue weighted by atomic mass is 16.3. The molecule has 84 valence electrons. The van der Waals surface area contributed by atoms with E-state index in [9.17, 15) is 15.3 Å². The molecule has 0 aromatic heterocycles. The average molecular weight is 205 g/mol. The molecule has 0 spiro atoms. The zero-order chi connectivity index (χ0) is 11.1. The molecule has 0 bridgehead atoms. The fourth-order valence-electron chi connectivity index (χ4n) is 2.13. The van der Waals surface area contributed by atoms with Crippen molar-refractivity contribution >= 4 is 0 Å². The zero-order valence-electron chi connectivity index (χ0n) is 8.46. The lowest BCUT2D eigenvalue weighted by Crippen LogP contribution is -2.66. The van der Waals surface area contributed by atoms with Crippen LogP contribution in [0.2, 0.25) is 0 Å². The summed E-state index contributed by atoms with van der Waals surface area (Å²) < 4.78 is 0. The normalized spacial score (nSPS) is 54.6. The summed E-state index contributed by atoms with van der Waals surface area (Å²) in [6.45, 7) is 2.85. The predicted octanol–water partition coefficient (Wildman–Crippen LogP) is -1.96. The Morgan fingerprint density at radius 3 is 2.14 bits per heavy atom. The van der Waals surface area contributed by atoms with Crippen molar-refractivity contribution in [1.82, 2.24) is 0 Å². The summed E-state index contributed by atoms with van der Waals surface area (Å²) >= 11 is 0. The topological polar surface area (TPSA) is 107 Å². The molecule has 0 radical (unpaired) electrons. The molecule has 0 aromatic rings. The Hall–Kier alpha value is -0.200. The fourth-order valence-corrected chi connectivity index (χ4v) is 2.13.